The molecular formula is C27H45NO3. The molecule has 4 nitrogen and oxygen atoms in total. The Labute approximate surface area is 189 Å². The Balaban J connectivity index is 1.58. The van der Waals surface area contributed by atoms with E-state index in [1.807, 2.05) is 0 Å². The molecule has 176 valence electrons. The fourth-order valence-electron chi connectivity index (χ4n) is 8.99. The van der Waals surface area contributed by atoms with Crippen LogP contribution >= 0.6 is 0 Å². The van der Waals surface area contributed by atoms with Crippen LogP contribution in [0.3, 0.4) is 0 Å². The molecule has 3 aliphatic carbocycles. The van der Waals surface area contributed by atoms with Crippen LogP contribution in [0.4, 0.5) is 0 Å². The summed E-state index contributed by atoms with van der Waals surface area (Å²) in [5.74, 6) is 2.66. The maximum absolute atomic E-state index is 12.5. The molecule has 0 aromatic rings. The zero-order chi connectivity index (χ0) is 22.6. The molecule has 4 heteroatoms. The van der Waals surface area contributed by atoms with Crippen LogP contribution in [-0.4, -0.2) is 23.0 Å². The molecule has 1 saturated heterocycles. The van der Waals surface area contributed by atoms with E-state index >= 15 is 0 Å². The molecule has 1 amide bonds. The van der Waals surface area contributed by atoms with Gasteiger partial charge >= 0.3 is 5.97 Å². The summed E-state index contributed by atoms with van der Waals surface area (Å²) in [5, 5.41) is 13.5. The lowest BCUT2D eigenvalue weighted by Crippen LogP contribution is -2.64. The second-order valence-electron chi connectivity index (χ2n) is 12.6. The molecule has 0 bridgehead atoms. The number of piperidine rings is 1. The highest BCUT2D eigenvalue weighted by molar-refractivity contribution is 5.78. The number of carbonyl (C=O) groups is 2. The van der Waals surface area contributed by atoms with Crippen molar-refractivity contribution in [3.8, 4) is 0 Å². The zero-order valence-electron chi connectivity index (χ0n) is 20.5. The monoisotopic (exact) mass is 431 g/mol. The zero-order valence-corrected chi connectivity index (χ0v) is 20.5. The number of hydrogen-bond acceptors (Lipinski definition) is 2. The first kappa shape index (κ1) is 23.1. The van der Waals surface area contributed by atoms with Crippen LogP contribution in [0, 0.1) is 52.3 Å². The maximum atomic E-state index is 12.5. The molecule has 0 aromatic carbocycles. The van der Waals surface area contributed by atoms with Crippen LogP contribution in [0.25, 0.3) is 0 Å². The van der Waals surface area contributed by atoms with Crippen molar-refractivity contribution < 1.29 is 14.7 Å². The van der Waals surface area contributed by atoms with Gasteiger partial charge in [-0.2, -0.15) is 0 Å². The van der Waals surface area contributed by atoms with Gasteiger partial charge in [-0.1, -0.05) is 53.9 Å². The summed E-state index contributed by atoms with van der Waals surface area (Å²) in [7, 11) is 0. The van der Waals surface area contributed by atoms with Gasteiger partial charge in [0.05, 0.1) is 5.92 Å². The second kappa shape index (κ2) is 8.37. The van der Waals surface area contributed by atoms with E-state index in [-0.39, 0.29) is 34.6 Å². The molecule has 2 N–H and O–H groups in total. The number of carboxylic acid groups (broad SMARTS) is 1. The predicted octanol–water partition coefficient (Wildman–Crippen LogP) is 5.90. The number of carboxylic acids is 1. The smallest absolute Gasteiger partial charge is 0.306 e. The van der Waals surface area contributed by atoms with Crippen LogP contribution in [-0.2, 0) is 9.59 Å². The van der Waals surface area contributed by atoms with E-state index in [2.05, 4.69) is 39.9 Å². The Kier molecular flexibility index (Phi) is 6.24. The first-order chi connectivity index (χ1) is 14.6. The molecule has 0 radical (unpaired) electrons. The number of carbonyl (C=O) groups excluding carboxylic acids is 1. The Morgan fingerprint density at radius 1 is 1.06 bits per heavy atom. The fourth-order valence-corrected chi connectivity index (χ4v) is 8.99. The Bertz CT molecular complexity index is 705. The van der Waals surface area contributed by atoms with Gasteiger partial charge in [-0.3, -0.25) is 9.59 Å². The van der Waals surface area contributed by atoms with Gasteiger partial charge in [-0.15, -0.1) is 0 Å². The highest BCUT2D eigenvalue weighted by Gasteiger charge is 2.64. The van der Waals surface area contributed by atoms with Crippen molar-refractivity contribution in [2.45, 2.75) is 105 Å². The molecule has 4 aliphatic rings. The van der Waals surface area contributed by atoms with Crippen LogP contribution in [0.5, 0.6) is 0 Å². The lowest BCUT2D eigenvalue weighted by atomic mass is 9.44. The minimum absolute atomic E-state index is 0.0348. The standard InChI is InChI=1S/C27H45NO3/c1-16(2)7-6-8-17(3)19-9-10-20-24-18(25(30)31)15-22-27(5,14-12-23(29)28-22)21(24)11-13-26(19,20)4/h16-22,24H,6-15H2,1-5H3,(H,28,29)(H,30,31)/t17-,18?,19-,20+,21+,22-,24+,26-,27-/m1/s1. The molecule has 1 unspecified atom stereocenters. The van der Waals surface area contributed by atoms with E-state index in [1.165, 1.54) is 38.5 Å². The van der Waals surface area contributed by atoms with Crippen LogP contribution in [0.15, 0.2) is 0 Å². The summed E-state index contributed by atoms with van der Waals surface area (Å²) in [6.07, 6.45) is 11.0. The lowest BCUT2D eigenvalue weighted by Gasteiger charge is -2.62. The molecule has 0 spiro atoms. The first-order valence-electron chi connectivity index (χ1n) is 13.1. The molecule has 1 heterocycles. The number of amides is 1. The van der Waals surface area contributed by atoms with E-state index in [1.54, 1.807) is 0 Å². The number of rotatable bonds is 6. The molecule has 31 heavy (non-hydrogen) atoms. The van der Waals surface area contributed by atoms with E-state index in [9.17, 15) is 14.7 Å². The predicted molar refractivity (Wildman–Crippen MR) is 123 cm³/mol. The lowest BCUT2D eigenvalue weighted by molar-refractivity contribution is -0.168. The van der Waals surface area contributed by atoms with E-state index < -0.39 is 5.97 Å². The Morgan fingerprint density at radius 2 is 1.77 bits per heavy atom. The molecule has 1 aliphatic heterocycles. The Morgan fingerprint density at radius 3 is 2.45 bits per heavy atom. The van der Waals surface area contributed by atoms with E-state index in [0.29, 0.717) is 24.7 Å². The molecule has 0 aromatic heterocycles. The van der Waals surface area contributed by atoms with Gasteiger partial charge in [0.1, 0.15) is 0 Å². The van der Waals surface area contributed by atoms with Crippen molar-refractivity contribution in [3.05, 3.63) is 0 Å². The highest BCUT2D eigenvalue weighted by atomic mass is 16.4. The van der Waals surface area contributed by atoms with Crippen molar-refractivity contribution >= 4 is 11.9 Å². The average molecular weight is 432 g/mol. The van der Waals surface area contributed by atoms with Crippen LogP contribution in [0.2, 0.25) is 0 Å². The number of fused-ring (bicyclic) bond motifs is 5. The summed E-state index contributed by atoms with van der Waals surface area (Å²) < 4.78 is 0. The van der Waals surface area contributed by atoms with Gasteiger partial charge in [-0.25, -0.2) is 0 Å². The van der Waals surface area contributed by atoms with E-state index in [4.69, 9.17) is 0 Å². The molecule has 9 atom stereocenters. The number of aliphatic carboxylic acids is 1. The third-order valence-electron chi connectivity index (χ3n) is 10.7. The van der Waals surface area contributed by atoms with Crippen molar-refractivity contribution in [1.82, 2.24) is 5.32 Å². The fraction of sp³-hybridized carbons (Fsp3) is 0.926. The third kappa shape index (κ3) is 3.84. The third-order valence-corrected chi connectivity index (χ3v) is 10.7. The van der Waals surface area contributed by atoms with Gasteiger partial charge in [0.25, 0.3) is 0 Å². The largest absolute Gasteiger partial charge is 0.481 e. The quantitative estimate of drug-likeness (QED) is 0.550. The Hall–Kier alpha value is -1.06. The van der Waals surface area contributed by atoms with Crippen molar-refractivity contribution in [2.75, 3.05) is 0 Å². The topological polar surface area (TPSA) is 66.4 Å². The number of nitrogens with one attached hydrogen (secondary N) is 1. The summed E-state index contributed by atoms with van der Waals surface area (Å²) in [4.78, 5) is 24.6. The maximum Gasteiger partial charge on any atom is 0.306 e. The van der Waals surface area contributed by atoms with Gasteiger partial charge < -0.3 is 10.4 Å². The summed E-state index contributed by atoms with van der Waals surface area (Å²) in [6.45, 7) is 12.0. The van der Waals surface area contributed by atoms with Crippen molar-refractivity contribution in [3.63, 3.8) is 0 Å². The van der Waals surface area contributed by atoms with Crippen LogP contribution < -0.4 is 5.32 Å². The normalized spacial score (nSPS) is 45.4. The number of hydrogen-bond donors (Lipinski definition) is 2. The molecule has 4 rings (SSSR count). The van der Waals surface area contributed by atoms with Crippen molar-refractivity contribution in [1.29, 1.82) is 0 Å². The minimum atomic E-state index is -0.630. The summed E-state index contributed by atoms with van der Waals surface area (Å²) in [6, 6.07) is 0.0348. The van der Waals surface area contributed by atoms with Crippen LogP contribution in [0.1, 0.15) is 98.8 Å². The highest BCUT2D eigenvalue weighted by Crippen LogP contribution is 2.67. The summed E-state index contributed by atoms with van der Waals surface area (Å²) >= 11 is 0. The van der Waals surface area contributed by atoms with Crippen molar-refractivity contribution in [2.24, 2.45) is 52.3 Å². The molecular weight excluding hydrogens is 386 g/mol. The van der Waals surface area contributed by atoms with Gasteiger partial charge in [0.15, 0.2) is 0 Å². The second-order valence-corrected chi connectivity index (χ2v) is 12.6. The van der Waals surface area contributed by atoms with Gasteiger partial charge in [0.2, 0.25) is 5.91 Å². The van der Waals surface area contributed by atoms with Gasteiger partial charge in [-0.05, 0) is 84.9 Å². The molecule has 3 saturated carbocycles. The average Bonchev–Trinajstić information content (AvgIpc) is 3.05. The minimum Gasteiger partial charge on any atom is -0.481 e. The van der Waals surface area contributed by atoms with Gasteiger partial charge in [0, 0.05) is 12.5 Å². The SMILES string of the molecule is CC(C)CCC[C@@H](C)[C@H]1CC[C@H]2[C@@H]3C(C(=O)O)C[C@H]4NC(=O)CC[C@]4(C)[C@H]3CC[C@]12C. The molecule has 4 fully saturated rings. The summed E-state index contributed by atoms with van der Waals surface area (Å²) in [5.41, 5.74) is 0.347. The first-order valence-corrected chi connectivity index (χ1v) is 13.1. The van der Waals surface area contributed by atoms with E-state index in [0.717, 1.165) is 30.6 Å².